The smallest absolute Gasteiger partial charge is 0.264 e. The Kier molecular flexibility index (Phi) is 11.1. The molecular weight excluding hydrogens is 622 g/mol. The molecule has 0 aromatic heterocycles. The molecule has 0 spiro atoms. The Bertz CT molecular complexity index is 1760. The van der Waals surface area contributed by atoms with E-state index in [-0.39, 0.29) is 29.5 Å². The van der Waals surface area contributed by atoms with E-state index in [1.165, 1.54) is 23.1 Å². The number of benzene rings is 4. The molecule has 0 fully saturated rings. The first-order valence-electron chi connectivity index (χ1n) is 14.9. The van der Waals surface area contributed by atoms with Gasteiger partial charge in [-0.1, -0.05) is 77.8 Å². The molecule has 0 aliphatic carbocycles. The van der Waals surface area contributed by atoms with E-state index in [4.69, 9.17) is 16.3 Å². The van der Waals surface area contributed by atoms with Crippen molar-refractivity contribution in [3.8, 4) is 5.75 Å². The zero-order valence-corrected chi connectivity index (χ0v) is 28.3. The van der Waals surface area contributed by atoms with Crippen molar-refractivity contribution >= 4 is 39.1 Å². The third-order valence-electron chi connectivity index (χ3n) is 7.24. The van der Waals surface area contributed by atoms with Crippen LogP contribution in [0.15, 0.2) is 108 Å². The van der Waals surface area contributed by atoms with Gasteiger partial charge >= 0.3 is 0 Å². The standard InChI is InChI=1S/C36H40ClN3O5S/c1-26-17-19-32(20-18-26)46(43,44)40(30-15-10-14-29(37)23-30)25-34(41)39(24-28-13-9-16-31(21-28)45-5)33(35(42)38-36(2,3)4)22-27-11-7-6-8-12-27/h6-21,23,33H,22,24-25H2,1-5H3,(H,38,42)/t33-/m1/s1. The highest BCUT2D eigenvalue weighted by atomic mass is 35.5. The normalized spacial score (nSPS) is 12.2. The number of sulfonamides is 1. The van der Waals surface area contributed by atoms with E-state index in [0.29, 0.717) is 16.3 Å². The number of methoxy groups -OCH3 is 1. The summed E-state index contributed by atoms with van der Waals surface area (Å²) in [5.74, 6) is -0.335. The van der Waals surface area contributed by atoms with Crippen LogP contribution in [0.5, 0.6) is 5.75 Å². The molecule has 0 saturated carbocycles. The minimum Gasteiger partial charge on any atom is -0.497 e. The zero-order valence-electron chi connectivity index (χ0n) is 26.7. The lowest BCUT2D eigenvalue weighted by Gasteiger charge is -2.35. The minimum absolute atomic E-state index is 0.0246. The summed E-state index contributed by atoms with van der Waals surface area (Å²) in [7, 11) is -2.68. The summed E-state index contributed by atoms with van der Waals surface area (Å²) in [5, 5.41) is 3.34. The second kappa shape index (κ2) is 14.8. The molecule has 1 atom stereocenters. The van der Waals surface area contributed by atoms with Gasteiger partial charge in [0.1, 0.15) is 18.3 Å². The number of aryl methyl sites for hydroxylation is 1. The van der Waals surface area contributed by atoms with Crippen LogP contribution < -0.4 is 14.4 Å². The second-order valence-corrected chi connectivity index (χ2v) is 14.4. The summed E-state index contributed by atoms with van der Waals surface area (Å²) in [6.45, 7) is 6.92. The highest BCUT2D eigenvalue weighted by molar-refractivity contribution is 7.92. The largest absolute Gasteiger partial charge is 0.497 e. The molecule has 1 N–H and O–H groups in total. The lowest BCUT2D eigenvalue weighted by Crippen LogP contribution is -2.56. The average molecular weight is 662 g/mol. The van der Waals surface area contributed by atoms with Crippen LogP contribution in [-0.4, -0.2) is 50.4 Å². The van der Waals surface area contributed by atoms with Crippen LogP contribution in [0.25, 0.3) is 0 Å². The number of nitrogens with one attached hydrogen (secondary N) is 1. The summed E-state index contributed by atoms with van der Waals surface area (Å²) in [6.07, 6.45) is 0.209. The Labute approximate surface area is 277 Å². The fourth-order valence-corrected chi connectivity index (χ4v) is 6.56. The lowest BCUT2D eigenvalue weighted by molar-refractivity contribution is -0.140. The Morgan fingerprint density at radius 3 is 2.15 bits per heavy atom. The molecule has 4 aromatic rings. The number of nitrogens with zero attached hydrogens (tertiary/aromatic N) is 2. The number of hydrogen-bond acceptors (Lipinski definition) is 5. The molecule has 0 radical (unpaired) electrons. The second-order valence-electron chi connectivity index (χ2n) is 12.1. The minimum atomic E-state index is -4.23. The summed E-state index contributed by atoms with van der Waals surface area (Å²) >= 11 is 6.30. The van der Waals surface area contributed by atoms with Gasteiger partial charge in [-0.3, -0.25) is 13.9 Å². The molecule has 0 heterocycles. The van der Waals surface area contributed by atoms with E-state index in [0.717, 1.165) is 15.4 Å². The molecule has 242 valence electrons. The fraction of sp³-hybridized carbons (Fsp3) is 0.278. The summed E-state index contributed by atoms with van der Waals surface area (Å²) in [5.41, 5.74) is 2.09. The van der Waals surface area contributed by atoms with Crippen molar-refractivity contribution in [2.24, 2.45) is 0 Å². The van der Waals surface area contributed by atoms with E-state index >= 15 is 0 Å². The molecule has 4 aromatic carbocycles. The maximum absolute atomic E-state index is 14.6. The van der Waals surface area contributed by atoms with Gasteiger partial charge in [-0.05, 0) is 81.3 Å². The van der Waals surface area contributed by atoms with Crippen LogP contribution in [0, 0.1) is 6.92 Å². The van der Waals surface area contributed by atoms with Gasteiger partial charge in [-0.25, -0.2) is 8.42 Å². The van der Waals surface area contributed by atoms with Crippen molar-refractivity contribution in [3.63, 3.8) is 0 Å². The molecule has 0 unspecified atom stereocenters. The van der Waals surface area contributed by atoms with Crippen molar-refractivity contribution < 1.29 is 22.7 Å². The molecule has 0 saturated heterocycles. The van der Waals surface area contributed by atoms with Gasteiger partial charge in [0.25, 0.3) is 10.0 Å². The number of rotatable bonds is 12. The average Bonchev–Trinajstić information content (AvgIpc) is 3.01. The fourth-order valence-electron chi connectivity index (χ4n) is 4.97. The van der Waals surface area contributed by atoms with E-state index in [1.54, 1.807) is 55.6 Å². The number of carbonyl (C=O) groups excluding carboxylic acids is 2. The molecule has 4 rings (SSSR count). The molecule has 46 heavy (non-hydrogen) atoms. The number of anilines is 1. The van der Waals surface area contributed by atoms with Gasteiger partial charge in [-0.2, -0.15) is 0 Å². The predicted molar refractivity (Wildman–Crippen MR) is 183 cm³/mol. The van der Waals surface area contributed by atoms with Crippen molar-refractivity contribution in [3.05, 3.63) is 125 Å². The molecule has 0 aliphatic rings. The third-order valence-corrected chi connectivity index (χ3v) is 9.26. The summed E-state index contributed by atoms with van der Waals surface area (Å²) in [4.78, 5) is 30.0. The zero-order chi connectivity index (χ0) is 33.5. The first kappa shape index (κ1) is 34.5. The van der Waals surface area contributed by atoms with E-state index in [9.17, 15) is 18.0 Å². The van der Waals surface area contributed by atoms with Crippen molar-refractivity contribution in [1.82, 2.24) is 10.2 Å². The van der Waals surface area contributed by atoms with Crippen LogP contribution in [0.2, 0.25) is 5.02 Å². The number of carbonyl (C=O) groups is 2. The van der Waals surface area contributed by atoms with Crippen LogP contribution in [0.1, 0.15) is 37.5 Å². The maximum atomic E-state index is 14.6. The molecule has 0 aliphatic heterocycles. The van der Waals surface area contributed by atoms with Crippen LogP contribution in [-0.2, 0) is 32.6 Å². The quantitative estimate of drug-likeness (QED) is 0.189. The van der Waals surface area contributed by atoms with Gasteiger partial charge in [-0.15, -0.1) is 0 Å². The highest BCUT2D eigenvalue weighted by Gasteiger charge is 2.35. The van der Waals surface area contributed by atoms with Gasteiger partial charge in [0.2, 0.25) is 11.8 Å². The van der Waals surface area contributed by atoms with Gasteiger partial charge in [0.05, 0.1) is 17.7 Å². The van der Waals surface area contributed by atoms with Crippen molar-refractivity contribution in [2.45, 2.75) is 57.1 Å². The highest BCUT2D eigenvalue weighted by Crippen LogP contribution is 2.28. The first-order chi connectivity index (χ1) is 21.8. The number of halogens is 1. The molecule has 10 heteroatoms. The number of amides is 2. The Morgan fingerprint density at radius 1 is 0.870 bits per heavy atom. The van der Waals surface area contributed by atoms with E-state index in [2.05, 4.69) is 5.32 Å². The summed E-state index contributed by atoms with van der Waals surface area (Å²) in [6, 6.07) is 28.4. The Morgan fingerprint density at radius 2 is 1.52 bits per heavy atom. The van der Waals surface area contributed by atoms with Crippen molar-refractivity contribution in [1.29, 1.82) is 0 Å². The van der Waals surface area contributed by atoms with Gasteiger partial charge in [0, 0.05) is 23.5 Å². The molecule has 8 nitrogen and oxygen atoms in total. The molecular formula is C36H40ClN3O5S. The number of ether oxygens (including phenoxy) is 1. The predicted octanol–water partition coefficient (Wildman–Crippen LogP) is 6.41. The summed E-state index contributed by atoms with van der Waals surface area (Å²) < 4.78 is 34.8. The van der Waals surface area contributed by atoms with Crippen LogP contribution in [0.3, 0.4) is 0 Å². The first-order valence-corrected chi connectivity index (χ1v) is 16.7. The topological polar surface area (TPSA) is 96.0 Å². The van der Waals surface area contributed by atoms with Crippen LogP contribution in [0.4, 0.5) is 5.69 Å². The Balaban J connectivity index is 1.83. The van der Waals surface area contributed by atoms with Crippen LogP contribution >= 0.6 is 11.6 Å². The SMILES string of the molecule is COc1cccc(CN(C(=O)CN(c2cccc(Cl)c2)S(=O)(=O)c2ccc(C)cc2)[C@H](Cc2ccccc2)C(=O)NC(C)(C)C)c1. The molecule has 2 amide bonds. The van der Waals surface area contributed by atoms with Gasteiger partial charge < -0.3 is 15.0 Å². The Hall–Kier alpha value is -4.34. The van der Waals surface area contributed by atoms with Gasteiger partial charge in [0.15, 0.2) is 0 Å². The lowest BCUT2D eigenvalue weighted by atomic mass is 10.0. The van der Waals surface area contributed by atoms with Crippen molar-refractivity contribution in [2.75, 3.05) is 18.0 Å². The maximum Gasteiger partial charge on any atom is 0.264 e. The molecule has 0 bridgehead atoms. The van der Waals surface area contributed by atoms with E-state index in [1.807, 2.05) is 64.1 Å². The monoisotopic (exact) mass is 661 g/mol. The number of hydrogen-bond donors (Lipinski definition) is 1. The third kappa shape index (κ3) is 9.11. The van der Waals surface area contributed by atoms with E-state index < -0.39 is 34.1 Å².